The van der Waals surface area contributed by atoms with Gasteiger partial charge in [-0.1, -0.05) is 12.7 Å². The standard InChI is InChI=1S/C8H14N2O/c1-5-6-7(2)9-8(11)10(3)4/h5-6H,1H2,2-4H3,(H,9,11)/b7-6+. The fourth-order valence-corrected chi connectivity index (χ4v) is 0.499. The van der Waals surface area contributed by atoms with E-state index in [1.54, 1.807) is 26.2 Å². The van der Waals surface area contributed by atoms with E-state index in [1.165, 1.54) is 4.90 Å². The van der Waals surface area contributed by atoms with E-state index < -0.39 is 0 Å². The predicted octanol–water partition coefficient (Wildman–Crippen LogP) is 1.35. The van der Waals surface area contributed by atoms with Gasteiger partial charge in [-0.05, 0) is 13.0 Å². The average Bonchev–Trinajstić information content (AvgIpc) is 1.87. The van der Waals surface area contributed by atoms with Crippen LogP contribution in [0.4, 0.5) is 4.79 Å². The second-order valence-corrected chi connectivity index (χ2v) is 2.41. The van der Waals surface area contributed by atoms with Gasteiger partial charge in [-0.3, -0.25) is 0 Å². The molecule has 0 aromatic carbocycles. The van der Waals surface area contributed by atoms with Crippen molar-refractivity contribution in [1.29, 1.82) is 0 Å². The molecule has 3 nitrogen and oxygen atoms in total. The number of hydrogen-bond acceptors (Lipinski definition) is 1. The van der Waals surface area contributed by atoms with Crippen LogP contribution in [-0.4, -0.2) is 25.0 Å². The highest BCUT2D eigenvalue weighted by molar-refractivity contribution is 5.75. The summed E-state index contributed by atoms with van der Waals surface area (Å²) in [6, 6.07) is -0.124. The first-order chi connectivity index (χ1) is 5.07. The molecule has 2 amide bonds. The van der Waals surface area contributed by atoms with Crippen molar-refractivity contribution in [3.63, 3.8) is 0 Å². The van der Waals surface area contributed by atoms with Crippen molar-refractivity contribution in [3.8, 4) is 0 Å². The van der Waals surface area contributed by atoms with Crippen molar-refractivity contribution in [2.45, 2.75) is 6.92 Å². The van der Waals surface area contributed by atoms with E-state index in [2.05, 4.69) is 11.9 Å². The Hall–Kier alpha value is -1.25. The number of hydrogen-bond donors (Lipinski definition) is 1. The number of carbonyl (C=O) groups is 1. The predicted molar refractivity (Wildman–Crippen MR) is 46.2 cm³/mol. The van der Waals surface area contributed by atoms with Crippen molar-refractivity contribution in [1.82, 2.24) is 10.2 Å². The number of urea groups is 1. The van der Waals surface area contributed by atoms with E-state index in [0.717, 1.165) is 5.70 Å². The van der Waals surface area contributed by atoms with Gasteiger partial charge in [0.1, 0.15) is 0 Å². The van der Waals surface area contributed by atoms with Crippen LogP contribution < -0.4 is 5.32 Å². The molecule has 11 heavy (non-hydrogen) atoms. The first kappa shape index (κ1) is 9.75. The molecule has 0 aliphatic heterocycles. The number of rotatable bonds is 2. The smallest absolute Gasteiger partial charge is 0.321 e. The number of nitrogens with zero attached hydrogens (tertiary/aromatic N) is 1. The van der Waals surface area contributed by atoms with E-state index in [-0.39, 0.29) is 6.03 Å². The minimum atomic E-state index is -0.124. The summed E-state index contributed by atoms with van der Waals surface area (Å²) in [6.45, 7) is 5.32. The molecule has 0 aliphatic carbocycles. The second-order valence-electron chi connectivity index (χ2n) is 2.41. The summed E-state index contributed by atoms with van der Waals surface area (Å²) >= 11 is 0. The van der Waals surface area contributed by atoms with Crippen LogP contribution in [0, 0.1) is 0 Å². The van der Waals surface area contributed by atoms with Gasteiger partial charge in [0, 0.05) is 19.8 Å². The minimum absolute atomic E-state index is 0.124. The van der Waals surface area contributed by atoms with Crippen LogP contribution in [0.2, 0.25) is 0 Å². The molecule has 0 aromatic rings. The molecule has 0 rings (SSSR count). The van der Waals surface area contributed by atoms with Gasteiger partial charge < -0.3 is 10.2 Å². The lowest BCUT2D eigenvalue weighted by molar-refractivity contribution is 0.220. The number of carbonyl (C=O) groups excluding carboxylic acids is 1. The van der Waals surface area contributed by atoms with Gasteiger partial charge in [-0.2, -0.15) is 0 Å². The third-order valence-electron chi connectivity index (χ3n) is 1.08. The van der Waals surface area contributed by atoms with E-state index in [9.17, 15) is 4.79 Å². The number of amides is 2. The zero-order chi connectivity index (χ0) is 8.85. The highest BCUT2D eigenvalue weighted by Crippen LogP contribution is 1.88. The fourth-order valence-electron chi connectivity index (χ4n) is 0.499. The normalized spacial score (nSPS) is 10.6. The maximum atomic E-state index is 11.0. The maximum Gasteiger partial charge on any atom is 0.321 e. The minimum Gasteiger partial charge on any atom is -0.331 e. The zero-order valence-electron chi connectivity index (χ0n) is 7.22. The lowest BCUT2D eigenvalue weighted by Gasteiger charge is -2.11. The zero-order valence-corrected chi connectivity index (χ0v) is 7.22. The van der Waals surface area contributed by atoms with Crippen molar-refractivity contribution >= 4 is 6.03 Å². The first-order valence-electron chi connectivity index (χ1n) is 3.35. The Morgan fingerprint density at radius 1 is 1.55 bits per heavy atom. The Kier molecular flexibility index (Phi) is 4.03. The lowest BCUT2D eigenvalue weighted by Crippen LogP contribution is -2.33. The highest BCUT2D eigenvalue weighted by Gasteiger charge is 2.00. The highest BCUT2D eigenvalue weighted by atomic mass is 16.2. The Labute approximate surface area is 67.4 Å². The van der Waals surface area contributed by atoms with Crippen LogP contribution in [0.5, 0.6) is 0 Å². The van der Waals surface area contributed by atoms with E-state index in [1.807, 2.05) is 6.92 Å². The maximum absolute atomic E-state index is 11.0. The molecule has 0 radical (unpaired) electrons. The van der Waals surface area contributed by atoms with Crippen LogP contribution in [0.25, 0.3) is 0 Å². The summed E-state index contributed by atoms with van der Waals surface area (Å²) in [5, 5.41) is 2.66. The van der Waals surface area contributed by atoms with Gasteiger partial charge in [0.2, 0.25) is 0 Å². The van der Waals surface area contributed by atoms with E-state index >= 15 is 0 Å². The monoisotopic (exact) mass is 154 g/mol. The Morgan fingerprint density at radius 3 is 2.45 bits per heavy atom. The summed E-state index contributed by atoms with van der Waals surface area (Å²) in [7, 11) is 3.38. The van der Waals surface area contributed by atoms with Crippen molar-refractivity contribution in [2.24, 2.45) is 0 Å². The Morgan fingerprint density at radius 2 is 2.09 bits per heavy atom. The van der Waals surface area contributed by atoms with Gasteiger partial charge in [-0.25, -0.2) is 4.79 Å². The van der Waals surface area contributed by atoms with E-state index in [0.29, 0.717) is 0 Å². The average molecular weight is 154 g/mol. The fraction of sp³-hybridized carbons (Fsp3) is 0.375. The SMILES string of the molecule is C=C/C=C(\C)NC(=O)N(C)C. The van der Waals surface area contributed by atoms with Crippen LogP contribution in [0.3, 0.4) is 0 Å². The molecule has 0 aromatic heterocycles. The lowest BCUT2D eigenvalue weighted by atomic mass is 10.4. The van der Waals surface area contributed by atoms with Gasteiger partial charge in [-0.15, -0.1) is 0 Å². The molecule has 62 valence electrons. The summed E-state index contributed by atoms with van der Waals surface area (Å²) in [4.78, 5) is 12.4. The number of allylic oxidation sites excluding steroid dienone is 3. The third-order valence-corrected chi connectivity index (χ3v) is 1.08. The molecule has 0 saturated heterocycles. The molecule has 0 saturated carbocycles. The largest absolute Gasteiger partial charge is 0.331 e. The molecule has 0 aliphatic rings. The van der Waals surface area contributed by atoms with Crippen LogP contribution >= 0.6 is 0 Å². The van der Waals surface area contributed by atoms with Crippen molar-refractivity contribution < 1.29 is 4.79 Å². The topological polar surface area (TPSA) is 32.3 Å². The van der Waals surface area contributed by atoms with E-state index in [4.69, 9.17) is 0 Å². The molecule has 1 N–H and O–H groups in total. The first-order valence-corrected chi connectivity index (χ1v) is 3.35. The number of nitrogens with one attached hydrogen (secondary N) is 1. The summed E-state index contributed by atoms with van der Waals surface area (Å²) in [6.07, 6.45) is 3.37. The van der Waals surface area contributed by atoms with Crippen LogP contribution in [0.15, 0.2) is 24.4 Å². The molecule has 0 fully saturated rings. The Bertz CT molecular complexity index is 183. The van der Waals surface area contributed by atoms with Gasteiger partial charge in [0.05, 0.1) is 0 Å². The van der Waals surface area contributed by atoms with Gasteiger partial charge in [0.15, 0.2) is 0 Å². The molecule has 0 bridgehead atoms. The molecular weight excluding hydrogens is 140 g/mol. The third kappa shape index (κ3) is 4.19. The molecule has 0 heterocycles. The van der Waals surface area contributed by atoms with Gasteiger partial charge >= 0.3 is 6.03 Å². The Balaban J connectivity index is 3.95. The van der Waals surface area contributed by atoms with Crippen molar-refractivity contribution in [3.05, 3.63) is 24.4 Å². The van der Waals surface area contributed by atoms with Crippen LogP contribution in [-0.2, 0) is 0 Å². The van der Waals surface area contributed by atoms with Crippen LogP contribution in [0.1, 0.15) is 6.92 Å². The molecule has 3 heteroatoms. The summed E-state index contributed by atoms with van der Waals surface area (Å²) < 4.78 is 0. The molecule has 0 unspecified atom stereocenters. The van der Waals surface area contributed by atoms with Crippen molar-refractivity contribution in [2.75, 3.05) is 14.1 Å². The second kappa shape index (κ2) is 4.55. The van der Waals surface area contributed by atoms with Gasteiger partial charge in [0.25, 0.3) is 0 Å². The summed E-state index contributed by atoms with van der Waals surface area (Å²) in [5.74, 6) is 0. The quantitative estimate of drug-likeness (QED) is 0.598. The summed E-state index contributed by atoms with van der Waals surface area (Å²) in [5.41, 5.74) is 0.790. The molecule has 0 spiro atoms. The molecule has 0 atom stereocenters. The molecular formula is C8H14N2O.